The average Bonchev–Trinajstić information content (AvgIpc) is 2.76. The molecule has 3 aromatic carbocycles. The Morgan fingerprint density at radius 3 is 2.39 bits per heavy atom. The SMILES string of the molecule is Cc1ccc(Cl)cc1NC(=O)/C(C#N)=C/c1cc(I)c(OCc2ccc(Cl)c(Cl)c2)c(I)c1. The van der Waals surface area contributed by atoms with Gasteiger partial charge in [0.2, 0.25) is 0 Å². The number of anilines is 1. The van der Waals surface area contributed by atoms with Gasteiger partial charge in [0.1, 0.15) is 24.0 Å². The van der Waals surface area contributed by atoms with E-state index in [1.165, 1.54) is 0 Å². The van der Waals surface area contributed by atoms with E-state index in [1.807, 2.05) is 31.2 Å². The van der Waals surface area contributed by atoms with Crippen LogP contribution >= 0.6 is 80.0 Å². The fourth-order valence-corrected chi connectivity index (χ4v) is 5.44. The first-order valence-electron chi connectivity index (χ1n) is 9.43. The van der Waals surface area contributed by atoms with Crippen molar-refractivity contribution in [3.63, 3.8) is 0 Å². The Balaban J connectivity index is 1.79. The highest BCUT2D eigenvalue weighted by Crippen LogP contribution is 2.31. The molecule has 0 aliphatic rings. The summed E-state index contributed by atoms with van der Waals surface area (Å²) in [5.74, 6) is 0.199. The summed E-state index contributed by atoms with van der Waals surface area (Å²) in [5, 5.41) is 13.8. The summed E-state index contributed by atoms with van der Waals surface area (Å²) in [6.45, 7) is 2.17. The molecule has 1 amide bonds. The first-order chi connectivity index (χ1) is 15.7. The molecule has 3 rings (SSSR count). The molecule has 33 heavy (non-hydrogen) atoms. The van der Waals surface area contributed by atoms with E-state index >= 15 is 0 Å². The van der Waals surface area contributed by atoms with Gasteiger partial charge in [0.05, 0.1) is 17.2 Å². The summed E-state index contributed by atoms with van der Waals surface area (Å²) in [6, 6.07) is 16.2. The van der Waals surface area contributed by atoms with Crippen molar-refractivity contribution in [3.05, 3.63) is 93.0 Å². The van der Waals surface area contributed by atoms with E-state index < -0.39 is 5.91 Å². The molecule has 0 aliphatic carbocycles. The van der Waals surface area contributed by atoms with E-state index in [4.69, 9.17) is 39.5 Å². The molecule has 0 atom stereocenters. The fraction of sp³-hybridized carbons (Fsp3) is 0.0833. The quantitative estimate of drug-likeness (QED) is 0.158. The topological polar surface area (TPSA) is 62.1 Å². The molecule has 0 spiro atoms. The van der Waals surface area contributed by atoms with Crippen LogP contribution in [0.15, 0.2) is 54.1 Å². The second-order valence-electron chi connectivity index (χ2n) is 6.93. The molecule has 0 heterocycles. The third-order valence-electron chi connectivity index (χ3n) is 4.51. The Morgan fingerprint density at radius 2 is 1.76 bits per heavy atom. The molecule has 0 radical (unpaired) electrons. The minimum atomic E-state index is -0.507. The summed E-state index contributed by atoms with van der Waals surface area (Å²) in [6.07, 6.45) is 1.54. The average molecular weight is 724 g/mol. The Labute approximate surface area is 234 Å². The van der Waals surface area contributed by atoms with Gasteiger partial charge >= 0.3 is 0 Å². The van der Waals surface area contributed by atoms with Crippen molar-refractivity contribution in [1.82, 2.24) is 0 Å². The lowest BCUT2D eigenvalue weighted by atomic mass is 10.1. The number of ether oxygens (including phenoxy) is 1. The maximum atomic E-state index is 12.7. The van der Waals surface area contributed by atoms with Gasteiger partial charge in [0.15, 0.2) is 0 Å². The number of nitriles is 1. The molecule has 0 unspecified atom stereocenters. The third kappa shape index (κ3) is 6.99. The maximum absolute atomic E-state index is 12.7. The van der Waals surface area contributed by atoms with E-state index in [9.17, 15) is 10.1 Å². The number of carbonyl (C=O) groups excluding carboxylic acids is 1. The van der Waals surface area contributed by atoms with Crippen LogP contribution in [0.3, 0.4) is 0 Å². The van der Waals surface area contributed by atoms with Crippen LogP contribution in [0.25, 0.3) is 6.08 Å². The van der Waals surface area contributed by atoms with Gasteiger partial charge in [-0.2, -0.15) is 5.26 Å². The number of aryl methyl sites for hydroxylation is 1. The first kappa shape index (κ1) is 26.1. The smallest absolute Gasteiger partial charge is 0.266 e. The number of hydrogen-bond donors (Lipinski definition) is 1. The molecule has 0 bridgehead atoms. The number of nitrogens with one attached hydrogen (secondary N) is 1. The van der Waals surface area contributed by atoms with Crippen molar-refractivity contribution in [1.29, 1.82) is 5.26 Å². The summed E-state index contributed by atoms with van der Waals surface area (Å²) >= 11 is 22.4. The monoisotopic (exact) mass is 722 g/mol. The lowest BCUT2D eigenvalue weighted by Crippen LogP contribution is -2.14. The van der Waals surface area contributed by atoms with Gasteiger partial charge in [-0.15, -0.1) is 0 Å². The number of halogens is 5. The number of amides is 1. The molecule has 4 nitrogen and oxygen atoms in total. The van der Waals surface area contributed by atoms with Crippen molar-refractivity contribution in [2.45, 2.75) is 13.5 Å². The van der Waals surface area contributed by atoms with Crippen LogP contribution in [-0.2, 0) is 11.4 Å². The Morgan fingerprint density at radius 1 is 1.06 bits per heavy atom. The van der Waals surface area contributed by atoms with Gasteiger partial charge in [-0.25, -0.2) is 0 Å². The van der Waals surface area contributed by atoms with Crippen LogP contribution in [0, 0.1) is 25.4 Å². The number of benzene rings is 3. The van der Waals surface area contributed by atoms with Crippen LogP contribution < -0.4 is 10.1 Å². The molecule has 168 valence electrons. The van der Waals surface area contributed by atoms with Gasteiger partial charge in [0, 0.05) is 10.7 Å². The lowest BCUT2D eigenvalue weighted by molar-refractivity contribution is -0.112. The van der Waals surface area contributed by atoms with Gasteiger partial charge in [0.25, 0.3) is 5.91 Å². The highest BCUT2D eigenvalue weighted by atomic mass is 127. The predicted octanol–water partition coefficient (Wildman–Crippen LogP) is 8.29. The molecule has 0 aromatic heterocycles. The molecule has 0 fully saturated rings. The van der Waals surface area contributed by atoms with E-state index in [-0.39, 0.29) is 5.57 Å². The van der Waals surface area contributed by atoms with Crippen molar-refractivity contribution in [3.8, 4) is 11.8 Å². The van der Waals surface area contributed by atoms with Gasteiger partial charge in [-0.3, -0.25) is 4.79 Å². The van der Waals surface area contributed by atoms with Crippen molar-refractivity contribution in [2.24, 2.45) is 0 Å². The molecule has 0 saturated heterocycles. The van der Waals surface area contributed by atoms with E-state index in [0.717, 1.165) is 18.3 Å². The highest BCUT2D eigenvalue weighted by Gasteiger charge is 2.14. The lowest BCUT2D eigenvalue weighted by Gasteiger charge is -2.12. The van der Waals surface area contributed by atoms with Gasteiger partial charge in [-0.1, -0.05) is 46.9 Å². The normalized spacial score (nSPS) is 11.1. The number of rotatable bonds is 6. The Hall–Kier alpha value is -1.51. The minimum Gasteiger partial charge on any atom is -0.487 e. The van der Waals surface area contributed by atoms with Crippen LogP contribution in [0.1, 0.15) is 16.7 Å². The van der Waals surface area contributed by atoms with Crippen molar-refractivity contribution in [2.75, 3.05) is 5.32 Å². The summed E-state index contributed by atoms with van der Waals surface area (Å²) in [5.41, 5.74) is 2.98. The Bertz CT molecular complexity index is 1280. The third-order valence-corrected chi connectivity index (χ3v) is 7.09. The first-order valence-corrected chi connectivity index (χ1v) is 12.7. The molecular weight excluding hydrogens is 708 g/mol. The van der Waals surface area contributed by atoms with Gasteiger partial charge < -0.3 is 10.1 Å². The van der Waals surface area contributed by atoms with Crippen LogP contribution in [0.2, 0.25) is 15.1 Å². The zero-order chi connectivity index (χ0) is 24.1. The molecule has 0 aliphatic heterocycles. The van der Waals surface area contributed by atoms with Crippen molar-refractivity contribution < 1.29 is 9.53 Å². The predicted molar refractivity (Wildman–Crippen MR) is 151 cm³/mol. The maximum Gasteiger partial charge on any atom is 0.266 e. The fourth-order valence-electron chi connectivity index (χ4n) is 2.82. The Kier molecular flexibility index (Phi) is 9.30. The second kappa shape index (κ2) is 11.8. The highest BCUT2D eigenvalue weighted by molar-refractivity contribution is 14.1. The molecule has 1 N–H and O–H groups in total. The summed E-state index contributed by atoms with van der Waals surface area (Å²) < 4.78 is 7.68. The minimum absolute atomic E-state index is 0.0227. The van der Waals surface area contributed by atoms with E-state index in [0.29, 0.717) is 38.7 Å². The van der Waals surface area contributed by atoms with Crippen LogP contribution in [-0.4, -0.2) is 5.91 Å². The van der Waals surface area contributed by atoms with E-state index in [2.05, 4.69) is 50.5 Å². The number of hydrogen-bond acceptors (Lipinski definition) is 3. The second-order valence-corrected chi connectivity index (χ2v) is 10.5. The van der Waals surface area contributed by atoms with Crippen LogP contribution in [0.5, 0.6) is 5.75 Å². The zero-order valence-electron chi connectivity index (χ0n) is 17.1. The summed E-state index contributed by atoms with van der Waals surface area (Å²) in [4.78, 5) is 12.7. The molecule has 3 aromatic rings. The molecular formula is C24H15Cl3I2N2O2. The zero-order valence-corrected chi connectivity index (χ0v) is 23.6. The largest absolute Gasteiger partial charge is 0.487 e. The number of nitrogens with zero attached hydrogens (tertiary/aromatic N) is 1. The summed E-state index contributed by atoms with van der Waals surface area (Å²) in [7, 11) is 0. The molecule has 9 heteroatoms. The van der Waals surface area contributed by atoms with Crippen LogP contribution in [0.4, 0.5) is 5.69 Å². The van der Waals surface area contributed by atoms with E-state index in [1.54, 1.807) is 36.4 Å². The molecule has 0 saturated carbocycles. The standard InChI is InChI=1S/C24H15Cl3I2N2O2/c1-13-2-4-17(25)10-22(13)31-24(32)16(11-30)6-15-8-20(28)23(21(29)9-15)33-12-14-3-5-18(26)19(27)7-14/h2-10H,12H2,1H3,(H,31,32)/b16-6+. The van der Waals surface area contributed by atoms with Gasteiger partial charge in [-0.05, 0) is 111 Å². The van der Waals surface area contributed by atoms with Crippen molar-refractivity contribution >= 4 is 97.7 Å². The number of carbonyl (C=O) groups is 1.